The Labute approximate surface area is 165 Å². The number of aromatic nitrogens is 1. The van der Waals surface area contributed by atoms with Crippen molar-refractivity contribution >= 4 is 56.1 Å². The minimum atomic E-state index is -3.50. The summed E-state index contributed by atoms with van der Waals surface area (Å²) in [6.45, 7) is 0. The lowest BCUT2D eigenvalue weighted by atomic mass is 10.3. The number of nitrogens with one attached hydrogen (secondary N) is 1. The van der Waals surface area contributed by atoms with E-state index in [2.05, 4.69) is 10.3 Å². The molecular formula is C17H16ClN3O4S2. The molecule has 1 amide bonds. The predicted octanol–water partition coefficient (Wildman–Crippen LogP) is 3.46. The van der Waals surface area contributed by atoms with Crippen molar-refractivity contribution in [3.63, 3.8) is 0 Å². The highest BCUT2D eigenvalue weighted by Gasteiger charge is 2.17. The summed E-state index contributed by atoms with van der Waals surface area (Å²) in [6.07, 6.45) is 0. The molecular weight excluding hydrogens is 410 g/mol. The van der Waals surface area contributed by atoms with Gasteiger partial charge in [-0.25, -0.2) is 17.7 Å². The van der Waals surface area contributed by atoms with Gasteiger partial charge in [-0.1, -0.05) is 23.4 Å². The Balaban J connectivity index is 1.60. The van der Waals surface area contributed by atoms with E-state index < -0.39 is 10.0 Å². The Morgan fingerprint density at radius 3 is 2.59 bits per heavy atom. The van der Waals surface area contributed by atoms with Crippen LogP contribution in [0.15, 0.2) is 57.0 Å². The molecule has 0 saturated heterocycles. The molecule has 27 heavy (non-hydrogen) atoms. The minimum Gasteiger partial charge on any atom is -0.431 e. The van der Waals surface area contributed by atoms with Crippen LogP contribution in [0.25, 0.3) is 11.1 Å². The first-order valence-electron chi connectivity index (χ1n) is 7.77. The van der Waals surface area contributed by atoms with Gasteiger partial charge >= 0.3 is 0 Å². The van der Waals surface area contributed by atoms with Gasteiger partial charge in [0.15, 0.2) is 5.58 Å². The molecule has 0 bridgehead atoms. The van der Waals surface area contributed by atoms with Crippen LogP contribution in [0.4, 0.5) is 5.69 Å². The molecule has 7 nitrogen and oxygen atoms in total. The number of sulfonamides is 1. The summed E-state index contributed by atoms with van der Waals surface area (Å²) < 4.78 is 30.7. The summed E-state index contributed by atoms with van der Waals surface area (Å²) in [5.74, 6) is -0.165. The van der Waals surface area contributed by atoms with Crippen LogP contribution in [0.2, 0.25) is 5.02 Å². The number of thioether (sulfide) groups is 1. The summed E-state index contributed by atoms with van der Waals surface area (Å²) in [4.78, 5) is 16.5. The maximum atomic E-state index is 12.1. The SMILES string of the molecule is CN(C)S(=O)(=O)c1ccc(NC(=O)CSc2nc3cc(Cl)ccc3o2)cc1. The molecule has 1 heterocycles. The van der Waals surface area contributed by atoms with Gasteiger partial charge in [-0.3, -0.25) is 4.79 Å². The smallest absolute Gasteiger partial charge is 0.257 e. The second-order valence-electron chi connectivity index (χ2n) is 5.74. The van der Waals surface area contributed by atoms with Crippen molar-refractivity contribution in [2.75, 3.05) is 25.2 Å². The highest BCUT2D eigenvalue weighted by atomic mass is 35.5. The molecule has 0 radical (unpaired) electrons. The monoisotopic (exact) mass is 425 g/mol. The second kappa shape index (κ2) is 7.89. The summed E-state index contributed by atoms with van der Waals surface area (Å²) >= 11 is 7.06. The zero-order valence-corrected chi connectivity index (χ0v) is 16.9. The van der Waals surface area contributed by atoms with Gasteiger partial charge in [-0.05, 0) is 42.5 Å². The van der Waals surface area contributed by atoms with E-state index in [1.807, 2.05) is 0 Å². The molecule has 2 aromatic carbocycles. The molecule has 0 unspecified atom stereocenters. The minimum absolute atomic E-state index is 0.0955. The van der Waals surface area contributed by atoms with Crippen LogP contribution >= 0.6 is 23.4 Å². The van der Waals surface area contributed by atoms with Gasteiger partial charge < -0.3 is 9.73 Å². The maximum Gasteiger partial charge on any atom is 0.257 e. The molecule has 0 atom stereocenters. The van der Waals surface area contributed by atoms with Gasteiger partial charge in [0.25, 0.3) is 5.22 Å². The van der Waals surface area contributed by atoms with Crippen molar-refractivity contribution in [2.24, 2.45) is 0 Å². The van der Waals surface area contributed by atoms with E-state index in [9.17, 15) is 13.2 Å². The lowest BCUT2D eigenvalue weighted by Crippen LogP contribution is -2.22. The van der Waals surface area contributed by atoms with Crippen LogP contribution in [-0.2, 0) is 14.8 Å². The number of benzene rings is 2. The predicted molar refractivity (Wildman–Crippen MR) is 106 cm³/mol. The molecule has 3 aromatic rings. The number of nitrogens with zero attached hydrogens (tertiary/aromatic N) is 2. The van der Waals surface area contributed by atoms with E-state index in [0.717, 1.165) is 16.1 Å². The van der Waals surface area contributed by atoms with Crippen molar-refractivity contribution < 1.29 is 17.6 Å². The third-order valence-electron chi connectivity index (χ3n) is 3.57. The Bertz CT molecular complexity index is 1080. The quantitative estimate of drug-likeness (QED) is 0.608. The standard InChI is InChI=1S/C17H16ClN3O4S2/c1-21(2)27(23,24)13-6-4-12(5-7-13)19-16(22)10-26-17-20-14-9-11(18)3-8-15(14)25-17/h3-9H,10H2,1-2H3,(H,19,22). The lowest BCUT2D eigenvalue weighted by molar-refractivity contribution is -0.113. The summed E-state index contributed by atoms with van der Waals surface area (Å²) in [5.41, 5.74) is 1.73. The number of halogens is 1. The number of fused-ring (bicyclic) bond motifs is 1. The van der Waals surface area contributed by atoms with Crippen molar-refractivity contribution in [2.45, 2.75) is 10.1 Å². The topological polar surface area (TPSA) is 92.5 Å². The molecule has 142 valence electrons. The van der Waals surface area contributed by atoms with Crippen LogP contribution < -0.4 is 5.32 Å². The largest absolute Gasteiger partial charge is 0.431 e. The Morgan fingerprint density at radius 1 is 1.22 bits per heavy atom. The normalized spacial score (nSPS) is 11.9. The van der Waals surface area contributed by atoms with Gasteiger partial charge in [0, 0.05) is 24.8 Å². The average Bonchev–Trinajstić information content (AvgIpc) is 3.02. The molecule has 0 aliphatic rings. The third-order valence-corrected chi connectivity index (χ3v) is 6.47. The average molecular weight is 426 g/mol. The van der Waals surface area contributed by atoms with Crippen molar-refractivity contribution in [3.05, 3.63) is 47.5 Å². The molecule has 0 aliphatic heterocycles. The third kappa shape index (κ3) is 4.62. The van der Waals surface area contributed by atoms with E-state index in [1.54, 1.807) is 30.3 Å². The van der Waals surface area contributed by atoms with Crippen LogP contribution in [-0.4, -0.2) is 43.5 Å². The van der Waals surface area contributed by atoms with Crippen LogP contribution in [0.3, 0.4) is 0 Å². The van der Waals surface area contributed by atoms with Gasteiger partial charge in [-0.15, -0.1) is 0 Å². The van der Waals surface area contributed by atoms with E-state index in [0.29, 0.717) is 27.0 Å². The van der Waals surface area contributed by atoms with Gasteiger partial charge in [0.2, 0.25) is 15.9 Å². The number of oxazole rings is 1. The van der Waals surface area contributed by atoms with E-state index >= 15 is 0 Å². The molecule has 0 fully saturated rings. The van der Waals surface area contributed by atoms with Crippen LogP contribution in [0.1, 0.15) is 0 Å². The number of rotatable bonds is 6. The summed E-state index contributed by atoms with van der Waals surface area (Å²) in [7, 11) is -0.577. The maximum absolute atomic E-state index is 12.1. The fourth-order valence-corrected chi connectivity index (χ4v) is 3.89. The highest BCUT2D eigenvalue weighted by molar-refractivity contribution is 7.99. The summed E-state index contributed by atoms with van der Waals surface area (Å²) in [5, 5.41) is 3.63. The molecule has 3 rings (SSSR count). The van der Waals surface area contributed by atoms with Crippen molar-refractivity contribution in [1.82, 2.24) is 9.29 Å². The highest BCUT2D eigenvalue weighted by Crippen LogP contribution is 2.25. The number of amides is 1. The second-order valence-corrected chi connectivity index (χ2v) is 9.26. The van der Waals surface area contributed by atoms with Gasteiger partial charge in [0.05, 0.1) is 10.6 Å². The Hall–Kier alpha value is -2.07. The van der Waals surface area contributed by atoms with Crippen LogP contribution in [0.5, 0.6) is 0 Å². The van der Waals surface area contributed by atoms with E-state index in [-0.39, 0.29) is 16.6 Å². The number of carbonyl (C=O) groups is 1. The first-order chi connectivity index (χ1) is 12.8. The van der Waals surface area contributed by atoms with E-state index in [4.69, 9.17) is 16.0 Å². The van der Waals surface area contributed by atoms with Crippen LogP contribution in [0, 0.1) is 0 Å². The number of hydrogen-bond donors (Lipinski definition) is 1. The zero-order valence-electron chi connectivity index (χ0n) is 14.5. The molecule has 10 heteroatoms. The lowest BCUT2D eigenvalue weighted by Gasteiger charge is -2.11. The van der Waals surface area contributed by atoms with Gasteiger partial charge in [-0.2, -0.15) is 0 Å². The zero-order chi connectivity index (χ0) is 19.6. The van der Waals surface area contributed by atoms with Crippen molar-refractivity contribution in [3.8, 4) is 0 Å². The first-order valence-corrected chi connectivity index (χ1v) is 10.6. The molecule has 0 spiro atoms. The fraction of sp³-hybridized carbons (Fsp3) is 0.176. The van der Waals surface area contributed by atoms with E-state index in [1.165, 1.54) is 26.2 Å². The number of carbonyl (C=O) groups excluding carboxylic acids is 1. The fourth-order valence-electron chi connectivity index (χ4n) is 2.19. The first kappa shape index (κ1) is 19.7. The molecule has 1 N–H and O–H groups in total. The number of anilines is 1. The molecule has 0 aliphatic carbocycles. The van der Waals surface area contributed by atoms with Gasteiger partial charge in [0.1, 0.15) is 5.52 Å². The van der Waals surface area contributed by atoms with Crippen molar-refractivity contribution in [1.29, 1.82) is 0 Å². The number of hydrogen-bond acceptors (Lipinski definition) is 6. The Kier molecular flexibility index (Phi) is 5.75. The molecule has 1 aromatic heterocycles. The Morgan fingerprint density at radius 2 is 1.93 bits per heavy atom. The summed E-state index contributed by atoms with van der Waals surface area (Å²) in [6, 6.07) is 11.1. The molecule has 0 saturated carbocycles.